The molecule has 0 bridgehead atoms. The number of nitrogens with zero attached hydrogens (tertiary/aromatic N) is 1. The Labute approximate surface area is 117 Å². The van der Waals surface area contributed by atoms with Crippen LogP contribution in [0.3, 0.4) is 0 Å². The number of fused-ring (bicyclic) bond motifs is 2. The lowest BCUT2D eigenvalue weighted by Crippen LogP contribution is -2.28. The van der Waals surface area contributed by atoms with Gasteiger partial charge >= 0.3 is 0 Å². The van der Waals surface area contributed by atoms with Crippen molar-refractivity contribution < 1.29 is 9.84 Å². The van der Waals surface area contributed by atoms with Crippen LogP contribution < -0.4 is 4.90 Å². The van der Waals surface area contributed by atoms with E-state index in [0.29, 0.717) is 10.8 Å². The largest absolute Gasteiger partial charge is 0.497 e. The summed E-state index contributed by atoms with van der Waals surface area (Å²) in [6.07, 6.45) is 4.96. The van der Waals surface area contributed by atoms with E-state index in [1.165, 1.54) is 0 Å². The van der Waals surface area contributed by atoms with Crippen LogP contribution in [0.25, 0.3) is 6.08 Å². The van der Waals surface area contributed by atoms with Gasteiger partial charge in [0.1, 0.15) is 11.9 Å². The Morgan fingerprint density at radius 3 is 2.84 bits per heavy atom. The number of ether oxygens (including phenoxy) is 1. The first kappa shape index (κ1) is 12.3. The Kier molecular flexibility index (Phi) is 2.88. The molecule has 1 atom stereocenters. The molecule has 3 rings (SSSR count). The fraction of sp³-hybridized carbons (Fsp3) is 0.200. The van der Waals surface area contributed by atoms with Gasteiger partial charge in [-0.05, 0) is 29.8 Å². The Morgan fingerprint density at radius 2 is 2.11 bits per heavy atom. The van der Waals surface area contributed by atoms with Gasteiger partial charge in [0.25, 0.3) is 0 Å². The number of anilines is 1. The van der Waals surface area contributed by atoms with Crippen molar-refractivity contribution in [3.63, 3.8) is 0 Å². The first-order valence-corrected chi connectivity index (χ1v) is 6.39. The van der Waals surface area contributed by atoms with Crippen LogP contribution in [0.4, 0.5) is 5.69 Å². The van der Waals surface area contributed by atoms with E-state index in [9.17, 15) is 5.11 Å². The molecule has 1 aromatic carbocycles. The van der Waals surface area contributed by atoms with Crippen LogP contribution in [0.5, 0.6) is 0 Å². The number of likely N-dealkylation sites (N-methyl/N-ethyl adjacent to an activating group) is 1. The van der Waals surface area contributed by atoms with Gasteiger partial charge in [0.05, 0.1) is 12.8 Å². The molecule has 1 aliphatic carbocycles. The topological polar surface area (TPSA) is 32.7 Å². The van der Waals surface area contributed by atoms with E-state index in [-0.39, 0.29) is 0 Å². The molecule has 4 heteroatoms. The summed E-state index contributed by atoms with van der Waals surface area (Å²) in [6.45, 7) is 0. The summed E-state index contributed by atoms with van der Waals surface area (Å²) in [5.41, 5.74) is 3.87. The first-order valence-electron chi connectivity index (χ1n) is 6.01. The maximum Gasteiger partial charge on any atom is 0.119 e. The Morgan fingerprint density at radius 1 is 1.32 bits per heavy atom. The Balaban J connectivity index is 2.16. The zero-order chi connectivity index (χ0) is 13.6. The fourth-order valence-corrected chi connectivity index (χ4v) is 2.63. The van der Waals surface area contributed by atoms with Crippen molar-refractivity contribution in [1.29, 1.82) is 0 Å². The predicted molar refractivity (Wildman–Crippen MR) is 77.0 cm³/mol. The SMILES string of the molecule is COC1=CC(O)C2=Cc3ccc(Cl)cc3N(C)C2=C1. The molecule has 98 valence electrons. The Bertz CT molecular complexity index is 631. The van der Waals surface area contributed by atoms with E-state index < -0.39 is 6.10 Å². The standard InChI is InChI=1S/C15H14ClNO2/c1-17-13-6-10(16)4-3-9(13)5-12-14(17)7-11(19-2)8-15(12)18/h3-8,15,18H,1-2H3. The van der Waals surface area contributed by atoms with Gasteiger partial charge < -0.3 is 14.7 Å². The maximum atomic E-state index is 10.2. The molecule has 2 aliphatic rings. The molecule has 0 spiro atoms. The van der Waals surface area contributed by atoms with Crippen LogP contribution in [0.1, 0.15) is 5.56 Å². The molecule has 3 nitrogen and oxygen atoms in total. The average molecular weight is 276 g/mol. The van der Waals surface area contributed by atoms with E-state index in [1.807, 2.05) is 42.3 Å². The molecular formula is C15H14ClNO2. The third-order valence-electron chi connectivity index (χ3n) is 3.48. The highest BCUT2D eigenvalue weighted by atomic mass is 35.5. The van der Waals surface area contributed by atoms with Gasteiger partial charge in [-0.25, -0.2) is 0 Å². The predicted octanol–water partition coefficient (Wildman–Crippen LogP) is 2.96. The number of benzene rings is 1. The van der Waals surface area contributed by atoms with Crippen molar-refractivity contribution in [1.82, 2.24) is 0 Å². The van der Waals surface area contributed by atoms with Crippen LogP contribution in [-0.2, 0) is 4.74 Å². The maximum absolute atomic E-state index is 10.2. The molecule has 0 radical (unpaired) electrons. The molecular weight excluding hydrogens is 262 g/mol. The van der Waals surface area contributed by atoms with Crippen molar-refractivity contribution >= 4 is 23.4 Å². The summed E-state index contributed by atoms with van der Waals surface area (Å²) in [5.74, 6) is 0.664. The van der Waals surface area contributed by atoms with Gasteiger partial charge in [-0.2, -0.15) is 0 Å². The van der Waals surface area contributed by atoms with Gasteiger partial charge in [0, 0.05) is 29.4 Å². The summed E-state index contributed by atoms with van der Waals surface area (Å²) in [7, 11) is 3.55. The van der Waals surface area contributed by atoms with Crippen molar-refractivity contribution in [2.24, 2.45) is 0 Å². The summed E-state index contributed by atoms with van der Waals surface area (Å²) >= 11 is 6.05. The van der Waals surface area contributed by atoms with Crippen LogP contribution in [0.15, 0.2) is 47.4 Å². The minimum atomic E-state index is -0.652. The molecule has 0 fully saturated rings. The zero-order valence-electron chi connectivity index (χ0n) is 10.7. The number of rotatable bonds is 1. The molecule has 19 heavy (non-hydrogen) atoms. The number of hydrogen-bond acceptors (Lipinski definition) is 3. The summed E-state index contributed by atoms with van der Waals surface area (Å²) in [4.78, 5) is 2.02. The van der Waals surface area contributed by atoms with Gasteiger partial charge in [0.15, 0.2) is 0 Å². The lowest BCUT2D eigenvalue weighted by atomic mass is 9.92. The highest BCUT2D eigenvalue weighted by Gasteiger charge is 2.27. The number of halogens is 1. The molecule has 1 aliphatic heterocycles. The quantitative estimate of drug-likeness (QED) is 0.855. The number of hydrogen-bond donors (Lipinski definition) is 1. The number of allylic oxidation sites excluding steroid dienone is 1. The van der Waals surface area contributed by atoms with Gasteiger partial charge in [-0.3, -0.25) is 0 Å². The molecule has 1 heterocycles. The molecule has 0 aromatic heterocycles. The van der Waals surface area contributed by atoms with Crippen molar-refractivity contribution in [3.8, 4) is 0 Å². The summed E-state index contributed by atoms with van der Waals surface area (Å²) < 4.78 is 5.22. The first-order chi connectivity index (χ1) is 9.10. The summed E-state index contributed by atoms with van der Waals surface area (Å²) in [6, 6.07) is 5.73. The average Bonchev–Trinajstić information content (AvgIpc) is 2.40. The van der Waals surface area contributed by atoms with Crippen LogP contribution >= 0.6 is 11.6 Å². The van der Waals surface area contributed by atoms with E-state index in [1.54, 1.807) is 13.2 Å². The van der Waals surface area contributed by atoms with Gasteiger partial charge in [-0.15, -0.1) is 0 Å². The van der Waals surface area contributed by atoms with E-state index >= 15 is 0 Å². The second-order valence-corrected chi connectivity index (χ2v) is 5.05. The molecule has 1 unspecified atom stereocenters. The third kappa shape index (κ3) is 1.95. The monoisotopic (exact) mass is 275 g/mol. The zero-order valence-corrected chi connectivity index (χ0v) is 11.5. The highest BCUT2D eigenvalue weighted by Crippen LogP contribution is 2.39. The highest BCUT2D eigenvalue weighted by molar-refractivity contribution is 6.31. The van der Waals surface area contributed by atoms with Crippen molar-refractivity contribution in [2.45, 2.75) is 6.10 Å². The van der Waals surface area contributed by atoms with Gasteiger partial charge in [0.2, 0.25) is 0 Å². The fourth-order valence-electron chi connectivity index (χ4n) is 2.47. The molecule has 0 saturated carbocycles. The number of methoxy groups -OCH3 is 1. The van der Waals surface area contributed by atoms with Crippen LogP contribution in [0, 0.1) is 0 Å². The second kappa shape index (κ2) is 4.44. The minimum Gasteiger partial charge on any atom is -0.497 e. The van der Waals surface area contributed by atoms with Gasteiger partial charge in [-0.1, -0.05) is 17.7 Å². The van der Waals surface area contributed by atoms with Crippen molar-refractivity contribution in [2.75, 3.05) is 19.1 Å². The second-order valence-electron chi connectivity index (χ2n) is 4.61. The lowest BCUT2D eigenvalue weighted by molar-refractivity contribution is 0.241. The number of aliphatic hydroxyl groups excluding tert-OH is 1. The third-order valence-corrected chi connectivity index (χ3v) is 3.71. The molecule has 1 aromatic rings. The molecule has 0 amide bonds. The van der Waals surface area contributed by atoms with E-state index in [0.717, 1.165) is 22.5 Å². The minimum absolute atomic E-state index is 0.652. The van der Waals surface area contributed by atoms with E-state index in [4.69, 9.17) is 16.3 Å². The normalized spacial score (nSPS) is 20.9. The lowest BCUT2D eigenvalue weighted by Gasteiger charge is -2.34. The smallest absolute Gasteiger partial charge is 0.119 e. The van der Waals surface area contributed by atoms with E-state index in [2.05, 4.69) is 0 Å². The van der Waals surface area contributed by atoms with Crippen LogP contribution in [-0.4, -0.2) is 25.4 Å². The van der Waals surface area contributed by atoms with Crippen LogP contribution in [0.2, 0.25) is 5.02 Å². The molecule has 0 saturated heterocycles. The summed E-state index contributed by atoms with van der Waals surface area (Å²) in [5, 5.41) is 10.9. The number of aliphatic hydroxyl groups is 1. The Hall–Kier alpha value is -1.71. The molecule has 1 N–H and O–H groups in total. The van der Waals surface area contributed by atoms with Crippen molar-refractivity contribution in [3.05, 3.63) is 58.0 Å².